The quantitative estimate of drug-likeness (QED) is 0.869. The third-order valence-corrected chi connectivity index (χ3v) is 4.13. The fraction of sp³-hybridized carbons (Fsp3) is 0.533. The van der Waals surface area contributed by atoms with Crippen LogP contribution in [0.2, 0.25) is 0 Å². The molecule has 0 bridgehead atoms. The number of phenols is 1. The second kappa shape index (κ2) is 7.66. The first-order valence-electron chi connectivity index (χ1n) is 7.05. The topological polar surface area (TPSA) is 69.8 Å². The van der Waals surface area contributed by atoms with Crippen molar-refractivity contribution in [2.75, 3.05) is 31.1 Å². The summed E-state index contributed by atoms with van der Waals surface area (Å²) in [5, 5.41) is 9.29. The number of likely N-dealkylation sites (tertiary alicyclic amines) is 1. The number of rotatable bonds is 4. The molecule has 1 saturated heterocycles. The van der Waals surface area contributed by atoms with Crippen LogP contribution in [0.4, 0.5) is 10.5 Å². The van der Waals surface area contributed by atoms with E-state index in [0.29, 0.717) is 18.4 Å². The molecule has 0 radical (unpaired) electrons. The van der Waals surface area contributed by atoms with Gasteiger partial charge in [0.25, 0.3) is 0 Å². The van der Waals surface area contributed by atoms with Crippen molar-refractivity contribution in [2.24, 2.45) is 17.6 Å². The molecule has 2 unspecified atom stereocenters. The molecule has 0 spiro atoms. The van der Waals surface area contributed by atoms with Crippen LogP contribution in [0, 0.1) is 11.8 Å². The number of hydrogen-bond acceptors (Lipinski definition) is 3. The molecule has 0 aliphatic carbocycles. The van der Waals surface area contributed by atoms with E-state index >= 15 is 0 Å². The van der Waals surface area contributed by atoms with Gasteiger partial charge in [-0.3, -0.25) is 4.90 Å². The summed E-state index contributed by atoms with van der Waals surface area (Å²) in [4.78, 5) is 15.5. The van der Waals surface area contributed by atoms with Gasteiger partial charge < -0.3 is 15.7 Å². The first kappa shape index (κ1) is 17.8. The maximum atomic E-state index is 11.6. The number of hydrogen-bond donors (Lipinski definition) is 2. The fourth-order valence-corrected chi connectivity index (χ4v) is 2.67. The third-order valence-electron chi connectivity index (χ3n) is 4.13. The highest BCUT2D eigenvalue weighted by molar-refractivity contribution is 8.93. The number of phenolic OH excluding ortho intramolecular Hbond substituents is 1. The molecule has 0 saturated carbocycles. The molecule has 21 heavy (non-hydrogen) atoms. The van der Waals surface area contributed by atoms with Crippen molar-refractivity contribution in [3.63, 3.8) is 0 Å². The molecule has 1 aliphatic heterocycles. The Kier molecular flexibility index (Phi) is 6.48. The highest BCUT2D eigenvalue weighted by atomic mass is 79.9. The Labute approximate surface area is 136 Å². The van der Waals surface area contributed by atoms with Crippen molar-refractivity contribution in [1.82, 2.24) is 4.90 Å². The molecule has 1 aliphatic rings. The van der Waals surface area contributed by atoms with E-state index in [1.165, 1.54) is 0 Å². The first-order chi connectivity index (χ1) is 9.47. The Morgan fingerprint density at radius 3 is 2.29 bits per heavy atom. The van der Waals surface area contributed by atoms with E-state index in [-0.39, 0.29) is 22.7 Å². The van der Waals surface area contributed by atoms with E-state index < -0.39 is 6.03 Å². The molecule has 5 nitrogen and oxygen atoms in total. The number of carbonyl (C=O) groups excluding carboxylic acids is 1. The summed E-state index contributed by atoms with van der Waals surface area (Å²) < 4.78 is 0. The van der Waals surface area contributed by atoms with Crippen LogP contribution in [-0.2, 0) is 0 Å². The van der Waals surface area contributed by atoms with Crippen molar-refractivity contribution in [2.45, 2.75) is 13.8 Å². The Hall–Kier alpha value is -1.27. The number of carbonyl (C=O) groups is 1. The van der Waals surface area contributed by atoms with Crippen LogP contribution >= 0.6 is 17.0 Å². The zero-order valence-electron chi connectivity index (χ0n) is 12.5. The highest BCUT2D eigenvalue weighted by Gasteiger charge is 2.26. The molecular weight excluding hydrogens is 334 g/mol. The number of aromatic hydroxyl groups is 1. The van der Waals surface area contributed by atoms with Crippen LogP contribution in [0.3, 0.4) is 0 Å². The van der Waals surface area contributed by atoms with Crippen LogP contribution < -0.4 is 10.6 Å². The van der Waals surface area contributed by atoms with Gasteiger partial charge >= 0.3 is 6.03 Å². The number of primary amides is 1. The molecule has 2 amide bonds. The normalized spacial score (nSPS) is 21.8. The van der Waals surface area contributed by atoms with Crippen LogP contribution in [0.1, 0.15) is 13.8 Å². The number of benzene rings is 1. The summed E-state index contributed by atoms with van der Waals surface area (Å²) in [6.45, 7) is 8.05. The Morgan fingerprint density at radius 1 is 1.29 bits per heavy atom. The SMILES string of the molecule is Br.CC1CN(CCN(C(N)=O)c2ccc(O)cc2)CC1C. The Morgan fingerprint density at radius 2 is 1.81 bits per heavy atom. The van der Waals surface area contributed by atoms with Gasteiger partial charge in [-0.15, -0.1) is 17.0 Å². The fourth-order valence-electron chi connectivity index (χ4n) is 2.67. The average Bonchev–Trinajstić information content (AvgIpc) is 2.71. The molecular formula is C15H24BrN3O2. The molecule has 6 heteroatoms. The monoisotopic (exact) mass is 357 g/mol. The van der Waals surface area contributed by atoms with Gasteiger partial charge in [0, 0.05) is 31.9 Å². The van der Waals surface area contributed by atoms with Crippen molar-refractivity contribution >= 4 is 28.7 Å². The second-order valence-corrected chi connectivity index (χ2v) is 5.72. The van der Waals surface area contributed by atoms with E-state index in [4.69, 9.17) is 5.73 Å². The predicted octanol–water partition coefficient (Wildman–Crippen LogP) is 2.44. The largest absolute Gasteiger partial charge is 0.508 e. The smallest absolute Gasteiger partial charge is 0.319 e. The molecule has 1 aromatic carbocycles. The van der Waals surface area contributed by atoms with E-state index in [2.05, 4.69) is 18.7 Å². The third kappa shape index (κ3) is 4.61. The summed E-state index contributed by atoms with van der Waals surface area (Å²) >= 11 is 0. The number of amides is 2. The van der Waals surface area contributed by atoms with Crippen molar-refractivity contribution in [1.29, 1.82) is 0 Å². The average molecular weight is 358 g/mol. The molecule has 118 valence electrons. The lowest BCUT2D eigenvalue weighted by Crippen LogP contribution is -2.41. The maximum absolute atomic E-state index is 11.6. The van der Waals surface area contributed by atoms with Crippen molar-refractivity contribution < 1.29 is 9.90 Å². The zero-order chi connectivity index (χ0) is 14.7. The van der Waals surface area contributed by atoms with Crippen LogP contribution in [0.5, 0.6) is 5.75 Å². The molecule has 0 aromatic heterocycles. The Balaban J connectivity index is 0.00000220. The van der Waals surface area contributed by atoms with Gasteiger partial charge in [-0.2, -0.15) is 0 Å². The summed E-state index contributed by atoms with van der Waals surface area (Å²) in [6, 6.07) is 6.07. The van der Waals surface area contributed by atoms with E-state index in [0.717, 1.165) is 25.3 Å². The molecule has 2 atom stereocenters. The number of urea groups is 1. The van der Waals surface area contributed by atoms with Gasteiger partial charge in [0.1, 0.15) is 5.75 Å². The minimum absolute atomic E-state index is 0. The van der Waals surface area contributed by atoms with Crippen LogP contribution in [0.15, 0.2) is 24.3 Å². The molecule has 1 aromatic rings. The van der Waals surface area contributed by atoms with Gasteiger partial charge in [0.05, 0.1) is 0 Å². The highest BCUT2D eigenvalue weighted by Crippen LogP contribution is 2.22. The molecule has 3 N–H and O–H groups in total. The van der Waals surface area contributed by atoms with Crippen LogP contribution in [0.25, 0.3) is 0 Å². The second-order valence-electron chi connectivity index (χ2n) is 5.72. The van der Waals surface area contributed by atoms with Gasteiger partial charge in [-0.25, -0.2) is 4.79 Å². The zero-order valence-corrected chi connectivity index (χ0v) is 14.2. The van der Waals surface area contributed by atoms with Crippen molar-refractivity contribution in [3.05, 3.63) is 24.3 Å². The van der Waals surface area contributed by atoms with Gasteiger partial charge in [-0.05, 0) is 36.1 Å². The van der Waals surface area contributed by atoms with Gasteiger partial charge in [0.2, 0.25) is 0 Å². The minimum atomic E-state index is -0.462. The summed E-state index contributed by atoms with van der Waals surface area (Å²) in [7, 11) is 0. The lowest BCUT2D eigenvalue weighted by molar-refractivity contribution is 0.252. The molecule has 2 rings (SSSR count). The predicted molar refractivity (Wildman–Crippen MR) is 90.1 cm³/mol. The lowest BCUT2D eigenvalue weighted by Gasteiger charge is -2.24. The number of anilines is 1. The summed E-state index contributed by atoms with van der Waals surface area (Å²) in [6.07, 6.45) is 0. The van der Waals surface area contributed by atoms with Gasteiger partial charge in [0.15, 0.2) is 0 Å². The first-order valence-corrected chi connectivity index (χ1v) is 7.05. The van der Waals surface area contributed by atoms with E-state index in [9.17, 15) is 9.90 Å². The summed E-state index contributed by atoms with van der Waals surface area (Å²) in [5.74, 6) is 1.58. The number of halogens is 1. The summed E-state index contributed by atoms with van der Waals surface area (Å²) in [5.41, 5.74) is 6.17. The minimum Gasteiger partial charge on any atom is -0.508 e. The number of nitrogens with two attached hydrogens (primary N) is 1. The van der Waals surface area contributed by atoms with Gasteiger partial charge in [-0.1, -0.05) is 13.8 Å². The molecule has 1 heterocycles. The Bertz CT molecular complexity index is 456. The van der Waals surface area contributed by atoms with E-state index in [1.807, 2.05) is 0 Å². The molecule has 1 fully saturated rings. The number of nitrogens with zero attached hydrogens (tertiary/aromatic N) is 2. The maximum Gasteiger partial charge on any atom is 0.319 e. The van der Waals surface area contributed by atoms with Crippen molar-refractivity contribution in [3.8, 4) is 5.75 Å². The van der Waals surface area contributed by atoms with Crippen LogP contribution in [-0.4, -0.2) is 42.2 Å². The van der Waals surface area contributed by atoms with E-state index in [1.54, 1.807) is 29.2 Å². The lowest BCUT2D eigenvalue weighted by atomic mass is 10.0. The standard InChI is InChI=1S/C15H23N3O2.BrH/c1-11-9-17(10-12(11)2)7-8-18(15(16)20)13-3-5-14(19)6-4-13;/h3-6,11-12,19H,7-10H2,1-2H3,(H2,16,20);1H.